The van der Waals surface area contributed by atoms with Crippen molar-refractivity contribution in [1.82, 2.24) is 5.32 Å². The number of hydrogen-bond acceptors (Lipinski definition) is 3. The Bertz CT molecular complexity index is 270. The minimum atomic E-state index is -0.953. The second-order valence-corrected chi connectivity index (χ2v) is 4.68. The second-order valence-electron chi connectivity index (χ2n) is 4.68. The van der Waals surface area contributed by atoms with Gasteiger partial charge < -0.3 is 16.2 Å². The third-order valence-electron chi connectivity index (χ3n) is 2.73. The molecule has 1 aliphatic rings. The van der Waals surface area contributed by atoms with E-state index < -0.39 is 17.4 Å². The Kier molecular flexibility index (Phi) is 3.34. The number of carboxylic acids is 1. The zero-order chi connectivity index (χ0) is 11.6. The van der Waals surface area contributed by atoms with Crippen LogP contribution in [0.5, 0.6) is 0 Å². The van der Waals surface area contributed by atoms with E-state index in [0.717, 1.165) is 12.8 Å². The number of carbonyl (C=O) groups is 2. The predicted octanol–water partition coefficient (Wildman–Crippen LogP) is 0.0932. The minimum absolute atomic E-state index is 0.266. The number of rotatable bonds is 3. The lowest BCUT2D eigenvalue weighted by Crippen LogP contribution is -2.53. The Morgan fingerprint density at radius 3 is 2.47 bits per heavy atom. The lowest BCUT2D eigenvalue weighted by atomic mass is 10.0. The van der Waals surface area contributed by atoms with Crippen molar-refractivity contribution in [3.8, 4) is 0 Å². The van der Waals surface area contributed by atoms with E-state index in [-0.39, 0.29) is 11.9 Å². The van der Waals surface area contributed by atoms with Gasteiger partial charge in [0.2, 0.25) is 5.91 Å². The number of carbonyl (C=O) groups excluding carboxylic acids is 1. The number of nitrogens with one attached hydrogen (secondary N) is 1. The van der Waals surface area contributed by atoms with Gasteiger partial charge in [-0.15, -0.1) is 0 Å². The monoisotopic (exact) mass is 214 g/mol. The first-order valence-corrected chi connectivity index (χ1v) is 5.15. The number of amides is 1. The lowest BCUT2D eigenvalue weighted by Gasteiger charge is -2.23. The van der Waals surface area contributed by atoms with Crippen LogP contribution in [-0.4, -0.2) is 28.6 Å². The van der Waals surface area contributed by atoms with Crippen LogP contribution in [0.15, 0.2) is 0 Å². The van der Waals surface area contributed by atoms with Crippen molar-refractivity contribution in [2.24, 2.45) is 11.7 Å². The molecule has 15 heavy (non-hydrogen) atoms. The molecule has 0 spiro atoms. The van der Waals surface area contributed by atoms with Gasteiger partial charge in [0.15, 0.2) is 0 Å². The van der Waals surface area contributed by atoms with E-state index in [1.54, 1.807) is 13.8 Å². The number of aliphatic carboxylic acids is 1. The molecule has 4 N–H and O–H groups in total. The summed E-state index contributed by atoms with van der Waals surface area (Å²) in [5, 5.41) is 11.6. The van der Waals surface area contributed by atoms with Gasteiger partial charge in [0.1, 0.15) is 0 Å². The summed E-state index contributed by atoms with van der Waals surface area (Å²) in [6.45, 7) is 3.21. The third-order valence-corrected chi connectivity index (χ3v) is 2.73. The zero-order valence-electron chi connectivity index (χ0n) is 9.12. The Morgan fingerprint density at radius 2 is 2.00 bits per heavy atom. The maximum Gasteiger partial charge on any atom is 0.308 e. The van der Waals surface area contributed by atoms with Gasteiger partial charge in [-0.1, -0.05) is 6.42 Å². The van der Waals surface area contributed by atoms with Crippen molar-refractivity contribution in [1.29, 1.82) is 0 Å². The summed E-state index contributed by atoms with van der Waals surface area (Å²) < 4.78 is 0. The Hall–Kier alpha value is -1.10. The van der Waals surface area contributed by atoms with Crippen LogP contribution in [0.1, 0.15) is 33.1 Å². The molecule has 1 fully saturated rings. The Morgan fingerprint density at radius 1 is 1.40 bits per heavy atom. The quantitative estimate of drug-likeness (QED) is 0.621. The number of carboxylic acid groups (broad SMARTS) is 1. The molecule has 0 heterocycles. The molecule has 1 aliphatic carbocycles. The zero-order valence-corrected chi connectivity index (χ0v) is 9.12. The molecule has 0 aromatic carbocycles. The predicted molar refractivity (Wildman–Crippen MR) is 55.2 cm³/mol. The highest BCUT2D eigenvalue weighted by atomic mass is 16.4. The molecule has 5 heteroatoms. The molecule has 2 unspecified atom stereocenters. The van der Waals surface area contributed by atoms with Crippen molar-refractivity contribution >= 4 is 11.9 Å². The highest BCUT2D eigenvalue weighted by Crippen LogP contribution is 2.26. The molecule has 0 aromatic heterocycles. The molecule has 1 amide bonds. The molecule has 0 saturated heterocycles. The number of nitrogens with two attached hydrogens (primary N) is 1. The largest absolute Gasteiger partial charge is 0.481 e. The topological polar surface area (TPSA) is 92.4 Å². The molecule has 1 rings (SSSR count). The summed E-state index contributed by atoms with van der Waals surface area (Å²) in [4.78, 5) is 22.4. The number of hydrogen-bond donors (Lipinski definition) is 3. The first-order valence-electron chi connectivity index (χ1n) is 5.15. The highest BCUT2D eigenvalue weighted by Gasteiger charge is 2.35. The standard InChI is InChI=1S/C10H18N2O3/c1-10(2,11)9(15)12-7-5-3-4-6(7)8(13)14/h6-7H,3-5,11H2,1-2H3,(H,12,15)(H,13,14). The third kappa shape index (κ3) is 2.92. The van der Waals surface area contributed by atoms with Crippen molar-refractivity contribution in [3.05, 3.63) is 0 Å². The van der Waals surface area contributed by atoms with Gasteiger partial charge in [0, 0.05) is 6.04 Å². The second kappa shape index (κ2) is 4.18. The molecule has 2 atom stereocenters. The van der Waals surface area contributed by atoms with E-state index in [1.165, 1.54) is 0 Å². The van der Waals surface area contributed by atoms with Gasteiger partial charge in [0.05, 0.1) is 11.5 Å². The molecule has 86 valence electrons. The van der Waals surface area contributed by atoms with E-state index >= 15 is 0 Å². The van der Waals surface area contributed by atoms with Crippen molar-refractivity contribution in [2.75, 3.05) is 0 Å². The van der Waals surface area contributed by atoms with E-state index in [4.69, 9.17) is 10.8 Å². The van der Waals surface area contributed by atoms with Crippen LogP contribution in [0.2, 0.25) is 0 Å². The van der Waals surface area contributed by atoms with E-state index in [1.807, 2.05) is 0 Å². The first kappa shape index (κ1) is 12.0. The van der Waals surface area contributed by atoms with Crippen molar-refractivity contribution < 1.29 is 14.7 Å². The van der Waals surface area contributed by atoms with Crippen LogP contribution in [0, 0.1) is 5.92 Å². The molecule has 0 bridgehead atoms. The van der Waals surface area contributed by atoms with Gasteiger partial charge in [-0.3, -0.25) is 9.59 Å². The van der Waals surface area contributed by atoms with E-state index in [0.29, 0.717) is 6.42 Å². The van der Waals surface area contributed by atoms with Crippen molar-refractivity contribution in [3.63, 3.8) is 0 Å². The lowest BCUT2D eigenvalue weighted by molar-refractivity contribution is -0.142. The van der Waals surface area contributed by atoms with Crippen LogP contribution in [-0.2, 0) is 9.59 Å². The maximum atomic E-state index is 11.6. The summed E-state index contributed by atoms with van der Waals surface area (Å²) in [5.41, 5.74) is 4.67. The highest BCUT2D eigenvalue weighted by molar-refractivity contribution is 5.86. The molecular formula is C10H18N2O3. The normalized spacial score (nSPS) is 26.3. The Balaban J connectivity index is 2.58. The fourth-order valence-electron chi connectivity index (χ4n) is 1.78. The average Bonchev–Trinajstić information content (AvgIpc) is 2.50. The molecular weight excluding hydrogens is 196 g/mol. The summed E-state index contributed by atoms with van der Waals surface area (Å²) >= 11 is 0. The van der Waals surface area contributed by atoms with E-state index in [2.05, 4.69) is 5.32 Å². The van der Waals surface area contributed by atoms with E-state index in [9.17, 15) is 9.59 Å². The molecule has 0 aliphatic heterocycles. The van der Waals surface area contributed by atoms with Crippen molar-refractivity contribution in [2.45, 2.75) is 44.7 Å². The summed E-state index contributed by atoms with van der Waals surface area (Å²) in [6, 6.07) is -0.266. The van der Waals surface area contributed by atoms with Crippen LogP contribution in [0.3, 0.4) is 0 Å². The van der Waals surface area contributed by atoms with Gasteiger partial charge in [0.25, 0.3) is 0 Å². The van der Waals surface area contributed by atoms with Crippen LogP contribution in [0.25, 0.3) is 0 Å². The SMILES string of the molecule is CC(C)(N)C(=O)NC1CCCC1C(=O)O. The fourth-order valence-corrected chi connectivity index (χ4v) is 1.78. The fraction of sp³-hybridized carbons (Fsp3) is 0.800. The maximum absolute atomic E-state index is 11.6. The minimum Gasteiger partial charge on any atom is -0.481 e. The van der Waals surface area contributed by atoms with Gasteiger partial charge in [-0.25, -0.2) is 0 Å². The van der Waals surface area contributed by atoms with Crippen LogP contribution in [0.4, 0.5) is 0 Å². The first-order chi connectivity index (χ1) is 6.82. The summed E-state index contributed by atoms with van der Waals surface area (Å²) in [5.74, 6) is -1.59. The van der Waals surface area contributed by atoms with Gasteiger partial charge >= 0.3 is 5.97 Å². The molecule has 5 nitrogen and oxygen atoms in total. The Labute approximate surface area is 89.0 Å². The smallest absolute Gasteiger partial charge is 0.308 e. The van der Waals surface area contributed by atoms with Gasteiger partial charge in [-0.2, -0.15) is 0 Å². The van der Waals surface area contributed by atoms with Gasteiger partial charge in [-0.05, 0) is 26.7 Å². The summed E-state index contributed by atoms with van der Waals surface area (Å²) in [7, 11) is 0. The summed E-state index contributed by atoms with van der Waals surface area (Å²) in [6.07, 6.45) is 2.19. The molecule has 1 saturated carbocycles. The molecule has 0 radical (unpaired) electrons. The van der Waals surface area contributed by atoms with Crippen LogP contribution < -0.4 is 11.1 Å². The molecule has 0 aromatic rings. The average molecular weight is 214 g/mol. The van der Waals surface area contributed by atoms with Crippen LogP contribution >= 0.6 is 0 Å².